The largest absolute Gasteiger partial charge is 0.573 e. The van der Waals surface area contributed by atoms with E-state index in [-0.39, 0.29) is 23.6 Å². The van der Waals surface area contributed by atoms with Crippen LogP contribution in [-0.2, 0) is 4.79 Å². The Morgan fingerprint density at radius 3 is 2.55 bits per heavy atom. The van der Waals surface area contributed by atoms with Crippen LogP contribution in [0.25, 0.3) is 11.1 Å². The molecule has 1 aliphatic carbocycles. The molecule has 2 atom stereocenters. The van der Waals surface area contributed by atoms with Crippen molar-refractivity contribution in [2.75, 3.05) is 19.6 Å². The average molecular weight is 430 g/mol. The molecule has 2 aromatic rings. The van der Waals surface area contributed by atoms with Gasteiger partial charge in [-0.25, -0.2) is 0 Å². The zero-order valence-electron chi connectivity index (χ0n) is 17.1. The Hall–Kier alpha value is -2.54. The number of carbonyl (C=O) groups is 1. The smallest absolute Gasteiger partial charge is 0.406 e. The van der Waals surface area contributed by atoms with Crippen LogP contribution < -0.4 is 10.1 Å². The minimum atomic E-state index is -4.72. The predicted molar refractivity (Wildman–Crippen MR) is 111 cm³/mol. The zero-order chi connectivity index (χ0) is 21.6. The van der Waals surface area contributed by atoms with Gasteiger partial charge in [0.05, 0.1) is 6.04 Å². The van der Waals surface area contributed by atoms with Crippen molar-refractivity contribution in [2.24, 2.45) is 5.92 Å². The highest BCUT2D eigenvalue weighted by Crippen LogP contribution is 2.50. The second kappa shape index (κ2) is 7.86. The normalized spacial score (nSPS) is 23.5. The van der Waals surface area contributed by atoms with Crippen LogP contribution in [0.3, 0.4) is 0 Å². The number of fused-ring (bicyclic) bond motifs is 5. The van der Waals surface area contributed by atoms with Gasteiger partial charge in [0.25, 0.3) is 0 Å². The van der Waals surface area contributed by atoms with Gasteiger partial charge < -0.3 is 15.0 Å². The van der Waals surface area contributed by atoms with Crippen molar-refractivity contribution in [2.45, 2.75) is 44.0 Å². The summed E-state index contributed by atoms with van der Waals surface area (Å²) < 4.78 is 41.9. The summed E-state index contributed by atoms with van der Waals surface area (Å²) in [5, 5.41) is 3.31. The quantitative estimate of drug-likeness (QED) is 0.744. The Morgan fingerprint density at radius 1 is 1.00 bits per heavy atom. The van der Waals surface area contributed by atoms with Gasteiger partial charge in [0, 0.05) is 12.5 Å². The number of benzene rings is 2. The molecule has 31 heavy (non-hydrogen) atoms. The van der Waals surface area contributed by atoms with Crippen molar-refractivity contribution in [3.63, 3.8) is 0 Å². The average Bonchev–Trinajstić information content (AvgIpc) is 3.04. The number of piperidine rings is 2. The number of likely N-dealkylation sites (tertiary alicyclic amines) is 1. The third kappa shape index (κ3) is 4.03. The van der Waals surface area contributed by atoms with Gasteiger partial charge in [-0.05, 0) is 85.1 Å². The van der Waals surface area contributed by atoms with E-state index in [1.54, 1.807) is 12.1 Å². The monoisotopic (exact) mass is 430 g/mol. The molecule has 3 aliphatic rings. The maximum atomic E-state index is 13.3. The lowest BCUT2D eigenvalue weighted by atomic mass is 9.92. The molecule has 0 aromatic heterocycles. The van der Waals surface area contributed by atoms with Crippen LogP contribution in [0.15, 0.2) is 42.5 Å². The van der Waals surface area contributed by atoms with Gasteiger partial charge in [-0.3, -0.25) is 4.79 Å². The molecule has 2 bridgehead atoms. The SMILES string of the molecule is O=C(C1CCNCC1)N1CCC2C[C@H]1c1cc(-c3cccc(OC(F)(F)F)c3)ccc12. The van der Waals surface area contributed by atoms with Crippen molar-refractivity contribution >= 4 is 5.91 Å². The van der Waals surface area contributed by atoms with Crippen LogP contribution in [0.4, 0.5) is 13.2 Å². The molecule has 1 amide bonds. The third-order valence-corrected chi connectivity index (χ3v) is 6.86. The highest BCUT2D eigenvalue weighted by molar-refractivity contribution is 5.80. The van der Waals surface area contributed by atoms with Crippen LogP contribution in [0.1, 0.15) is 48.8 Å². The number of hydrogen-bond donors (Lipinski definition) is 1. The summed E-state index contributed by atoms with van der Waals surface area (Å²) in [6.45, 7) is 2.54. The summed E-state index contributed by atoms with van der Waals surface area (Å²) in [7, 11) is 0. The molecule has 2 fully saturated rings. The second-order valence-electron chi connectivity index (χ2n) is 8.71. The molecule has 2 saturated heterocycles. The molecule has 0 spiro atoms. The first-order chi connectivity index (χ1) is 14.9. The van der Waals surface area contributed by atoms with Gasteiger partial charge >= 0.3 is 6.36 Å². The molecule has 2 aromatic carbocycles. The summed E-state index contributed by atoms with van der Waals surface area (Å²) in [6.07, 6.45) is -1.06. The highest BCUT2D eigenvalue weighted by Gasteiger charge is 2.42. The predicted octanol–water partition coefficient (Wildman–Crippen LogP) is 5.01. The first-order valence-corrected chi connectivity index (χ1v) is 10.9. The summed E-state index contributed by atoms with van der Waals surface area (Å²) in [4.78, 5) is 15.3. The molecule has 2 aliphatic heterocycles. The minimum absolute atomic E-state index is 0.0608. The lowest BCUT2D eigenvalue weighted by Gasteiger charge is -2.37. The summed E-state index contributed by atoms with van der Waals surface area (Å²) in [5.41, 5.74) is 3.93. The van der Waals surface area contributed by atoms with Crippen molar-refractivity contribution in [3.05, 3.63) is 53.6 Å². The molecular formula is C24H25F3N2O2. The van der Waals surface area contributed by atoms with Gasteiger partial charge in [-0.1, -0.05) is 24.3 Å². The van der Waals surface area contributed by atoms with Gasteiger partial charge in [0.1, 0.15) is 5.75 Å². The van der Waals surface area contributed by atoms with E-state index in [4.69, 9.17) is 0 Å². The number of alkyl halides is 3. The number of carbonyl (C=O) groups excluding carboxylic acids is 1. The van der Waals surface area contributed by atoms with Gasteiger partial charge in [0.2, 0.25) is 5.91 Å². The maximum Gasteiger partial charge on any atom is 0.573 e. The van der Waals surface area contributed by atoms with E-state index < -0.39 is 6.36 Å². The van der Waals surface area contributed by atoms with Crippen LogP contribution in [0.2, 0.25) is 0 Å². The van der Waals surface area contributed by atoms with E-state index in [9.17, 15) is 18.0 Å². The molecule has 2 heterocycles. The fourth-order valence-electron chi connectivity index (χ4n) is 5.40. The van der Waals surface area contributed by atoms with Crippen LogP contribution in [0.5, 0.6) is 5.75 Å². The number of halogens is 3. The van der Waals surface area contributed by atoms with Crippen LogP contribution in [0, 0.1) is 5.92 Å². The number of nitrogens with zero attached hydrogens (tertiary/aromatic N) is 1. The summed E-state index contributed by atoms with van der Waals surface area (Å²) in [5.74, 6) is 0.558. The van der Waals surface area contributed by atoms with Gasteiger partial charge in [-0.2, -0.15) is 0 Å². The van der Waals surface area contributed by atoms with E-state index in [0.717, 1.165) is 56.4 Å². The number of ether oxygens (including phenoxy) is 1. The lowest BCUT2D eigenvalue weighted by molar-refractivity contribution is -0.274. The molecule has 1 N–H and O–H groups in total. The Bertz CT molecular complexity index is 985. The van der Waals surface area contributed by atoms with E-state index in [2.05, 4.69) is 27.1 Å². The van der Waals surface area contributed by atoms with E-state index in [1.807, 2.05) is 6.07 Å². The number of amides is 1. The fraction of sp³-hybridized carbons (Fsp3) is 0.458. The Balaban J connectivity index is 1.43. The topological polar surface area (TPSA) is 41.6 Å². The van der Waals surface area contributed by atoms with E-state index in [1.165, 1.54) is 17.7 Å². The van der Waals surface area contributed by atoms with E-state index >= 15 is 0 Å². The molecule has 164 valence electrons. The van der Waals surface area contributed by atoms with Crippen LogP contribution >= 0.6 is 0 Å². The highest BCUT2D eigenvalue weighted by atomic mass is 19.4. The van der Waals surface area contributed by atoms with Gasteiger partial charge in [-0.15, -0.1) is 13.2 Å². The number of rotatable bonds is 3. The van der Waals surface area contributed by atoms with E-state index in [0.29, 0.717) is 11.5 Å². The number of hydrogen-bond acceptors (Lipinski definition) is 3. The van der Waals surface area contributed by atoms with Crippen molar-refractivity contribution in [3.8, 4) is 16.9 Å². The lowest BCUT2D eigenvalue weighted by Crippen LogP contribution is -2.44. The third-order valence-electron chi connectivity index (χ3n) is 6.86. The molecule has 4 nitrogen and oxygen atoms in total. The van der Waals surface area contributed by atoms with Crippen molar-refractivity contribution in [1.29, 1.82) is 0 Å². The molecule has 0 saturated carbocycles. The van der Waals surface area contributed by atoms with Crippen molar-refractivity contribution < 1.29 is 22.7 Å². The van der Waals surface area contributed by atoms with Gasteiger partial charge in [0.15, 0.2) is 0 Å². The maximum absolute atomic E-state index is 13.3. The minimum Gasteiger partial charge on any atom is -0.406 e. The number of nitrogens with one attached hydrogen (secondary N) is 1. The molecular weight excluding hydrogens is 405 g/mol. The first kappa shape index (κ1) is 20.4. The zero-order valence-corrected chi connectivity index (χ0v) is 17.1. The molecule has 7 heteroatoms. The summed E-state index contributed by atoms with van der Waals surface area (Å²) >= 11 is 0. The fourth-order valence-corrected chi connectivity index (χ4v) is 5.40. The Labute approximate surface area is 179 Å². The molecule has 5 rings (SSSR count). The summed E-state index contributed by atoms with van der Waals surface area (Å²) in [6, 6.07) is 12.2. The molecule has 1 unspecified atom stereocenters. The van der Waals surface area contributed by atoms with Crippen LogP contribution in [-0.4, -0.2) is 36.8 Å². The first-order valence-electron chi connectivity index (χ1n) is 10.9. The Morgan fingerprint density at radius 2 is 1.77 bits per heavy atom. The molecule has 0 radical (unpaired) electrons. The second-order valence-corrected chi connectivity index (χ2v) is 8.71. The van der Waals surface area contributed by atoms with Crippen molar-refractivity contribution in [1.82, 2.24) is 10.2 Å². The standard InChI is InChI=1S/C24H25F3N2O2/c25-24(26,27)31-19-3-1-2-16(12-19)17-4-5-20-18-8-11-29(22(14-18)21(20)13-17)23(30)15-6-9-28-10-7-15/h1-5,12-13,15,18,22,28H,6-11,14H2/t18?,22-/m0/s1. The Kier molecular flexibility index (Phi) is 5.16.